The zero-order chi connectivity index (χ0) is 24.8. The summed E-state index contributed by atoms with van der Waals surface area (Å²) in [6, 6.07) is 12.8. The van der Waals surface area contributed by atoms with Gasteiger partial charge in [0.1, 0.15) is 6.54 Å². The van der Waals surface area contributed by atoms with E-state index in [1.807, 2.05) is 19.1 Å². The number of para-hydroxylation sites is 1. The summed E-state index contributed by atoms with van der Waals surface area (Å²) in [6.45, 7) is 4.91. The fourth-order valence-corrected chi connectivity index (χ4v) is 4.63. The summed E-state index contributed by atoms with van der Waals surface area (Å²) >= 11 is 0.789. The highest BCUT2D eigenvalue weighted by Crippen LogP contribution is 2.37. The van der Waals surface area contributed by atoms with Gasteiger partial charge in [-0.15, -0.1) is 0 Å². The standard InChI is InChI=1S/C25H27N3O6S/c1-3-34-23-17(5-4-6-20(23)32-2)15-21-24(30)28(25(31)35-21)16-22(29)26-18-7-9-19(10-8-18)27-11-13-33-14-12-27/h4-10,15H,3,11-14,16H2,1-2H3,(H,26,29)/b21-15+. The highest BCUT2D eigenvalue weighted by atomic mass is 32.2. The molecule has 0 aliphatic carbocycles. The van der Waals surface area contributed by atoms with Crippen molar-refractivity contribution >= 4 is 46.3 Å². The maximum atomic E-state index is 12.9. The van der Waals surface area contributed by atoms with Gasteiger partial charge in [-0.3, -0.25) is 19.3 Å². The van der Waals surface area contributed by atoms with Crippen LogP contribution < -0.4 is 19.7 Å². The Labute approximate surface area is 208 Å². The zero-order valence-electron chi connectivity index (χ0n) is 19.6. The number of hydrogen-bond acceptors (Lipinski definition) is 8. The van der Waals surface area contributed by atoms with Gasteiger partial charge in [-0.25, -0.2) is 0 Å². The minimum Gasteiger partial charge on any atom is -0.493 e. The van der Waals surface area contributed by atoms with Gasteiger partial charge in [0.15, 0.2) is 11.5 Å². The first-order valence-corrected chi connectivity index (χ1v) is 12.1. The molecule has 0 saturated carbocycles. The molecular weight excluding hydrogens is 470 g/mol. The molecule has 2 fully saturated rings. The van der Waals surface area contributed by atoms with Gasteiger partial charge < -0.3 is 24.4 Å². The molecule has 0 radical (unpaired) electrons. The Bertz CT molecular complexity index is 1130. The van der Waals surface area contributed by atoms with Crippen molar-refractivity contribution in [3.63, 3.8) is 0 Å². The summed E-state index contributed by atoms with van der Waals surface area (Å²) in [6.07, 6.45) is 1.58. The van der Waals surface area contributed by atoms with Crippen LogP contribution in [0.25, 0.3) is 6.08 Å². The van der Waals surface area contributed by atoms with Crippen molar-refractivity contribution in [1.82, 2.24) is 4.90 Å². The monoisotopic (exact) mass is 497 g/mol. The molecule has 2 saturated heterocycles. The lowest BCUT2D eigenvalue weighted by Gasteiger charge is -2.28. The number of imide groups is 1. The molecule has 0 spiro atoms. The molecule has 0 unspecified atom stereocenters. The van der Waals surface area contributed by atoms with Gasteiger partial charge in [0, 0.05) is 30.0 Å². The van der Waals surface area contributed by atoms with Crippen molar-refractivity contribution in [2.75, 3.05) is 56.8 Å². The summed E-state index contributed by atoms with van der Waals surface area (Å²) < 4.78 is 16.4. The Morgan fingerprint density at radius 3 is 2.57 bits per heavy atom. The SMILES string of the molecule is CCOc1c(/C=C2/SC(=O)N(CC(=O)Nc3ccc(N4CCOCC4)cc3)C2=O)cccc1OC. The molecule has 3 amide bonds. The van der Waals surface area contributed by atoms with E-state index in [9.17, 15) is 14.4 Å². The van der Waals surface area contributed by atoms with Crippen molar-refractivity contribution in [3.05, 3.63) is 52.9 Å². The van der Waals surface area contributed by atoms with Crippen LogP contribution in [-0.2, 0) is 14.3 Å². The second-order valence-electron chi connectivity index (χ2n) is 7.77. The maximum Gasteiger partial charge on any atom is 0.294 e. The van der Waals surface area contributed by atoms with E-state index < -0.39 is 17.1 Å². The number of morpholine rings is 1. The number of benzene rings is 2. The molecule has 1 N–H and O–H groups in total. The molecule has 35 heavy (non-hydrogen) atoms. The fraction of sp³-hybridized carbons (Fsp3) is 0.320. The van der Waals surface area contributed by atoms with Crippen molar-refractivity contribution in [1.29, 1.82) is 0 Å². The van der Waals surface area contributed by atoms with Crippen molar-refractivity contribution in [3.8, 4) is 11.5 Å². The van der Waals surface area contributed by atoms with Gasteiger partial charge in [0.05, 0.1) is 31.8 Å². The van der Waals surface area contributed by atoms with Gasteiger partial charge in [0.25, 0.3) is 11.1 Å². The number of thioether (sulfide) groups is 1. The number of amides is 3. The molecule has 0 atom stereocenters. The average molecular weight is 498 g/mol. The fourth-order valence-electron chi connectivity index (χ4n) is 3.80. The van der Waals surface area contributed by atoms with Crippen molar-refractivity contribution < 1.29 is 28.6 Å². The molecule has 2 heterocycles. The third-order valence-corrected chi connectivity index (χ3v) is 6.41. The molecule has 2 aromatic rings. The molecule has 10 heteroatoms. The van der Waals surface area contributed by atoms with Crippen LogP contribution in [0.5, 0.6) is 11.5 Å². The Balaban J connectivity index is 1.41. The highest BCUT2D eigenvalue weighted by Gasteiger charge is 2.36. The molecule has 9 nitrogen and oxygen atoms in total. The number of nitrogens with zero attached hydrogens (tertiary/aromatic N) is 2. The number of rotatable bonds is 8. The van der Waals surface area contributed by atoms with Crippen LogP contribution in [0.4, 0.5) is 16.2 Å². The first kappa shape index (κ1) is 24.6. The molecule has 2 aliphatic rings. The first-order valence-electron chi connectivity index (χ1n) is 11.3. The van der Waals surface area contributed by atoms with E-state index in [1.54, 1.807) is 36.4 Å². The largest absolute Gasteiger partial charge is 0.493 e. The molecular formula is C25H27N3O6S. The van der Waals surface area contributed by atoms with Crippen LogP contribution in [-0.4, -0.2) is 68.5 Å². The Morgan fingerprint density at radius 2 is 1.89 bits per heavy atom. The molecule has 2 aliphatic heterocycles. The van der Waals surface area contributed by atoms with E-state index in [4.69, 9.17) is 14.2 Å². The third-order valence-electron chi connectivity index (χ3n) is 5.51. The minimum absolute atomic E-state index is 0.215. The van der Waals surface area contributed by atoms with E-state index in [0.29, 0.717) is 42.6 Å². The Kier molecular flexibility index (Phi) is 7.94. The number of carbonyl (C=O) groups is 3. The highest BCUT2D eigenvalue weighted by molar-refractivity contribution is 8.18. The van der Waals surface area contributed by atoms with E-state index in [2.05, 4.69) is 10.2 Å². The summed E-state index contributed by atoms with van der Waals surface area (Å²) in [7, 11) is 1.53. The van der Waals surface area contributed by atoms with Crippen LogP contribution in [0.3, 0.4) is 0 Å². The lowest BCUT2D eigenvalue weighted by Crippen LogP contribution is -2.36. The second-order valence-corrected chi connectivity index (χ2v) is 8.77. The topological polar surface area (TPSA) is 97.4 Å². The van der Waals surface area contributed by atoms with Crippen molar-refractivity contribution in [2.45, 2.75) is 6.92 Å². The lowest BCUT2D eigenvalue weighted by molar-refractivity contribution is -0.127. The Morgan fingerprint density at radius 1 is 1.14 bits per heavy atom. The summed E-state index contributed by atoms with van der Waals surface area (Å²) in [5, 5.41) is 2.25. The van der Waals surface area contributed by atoms with Crippen LogP contribution in [0.1, 0.15) is 12.5 Å². The van der Waals surface area contributed by atoms with Gasteiger partial charge in [-0.2, -0.15) is 0 Å². The van der Waals surface area contributed by atoms with Crippen LogP contribution >= 0.6 is 11.8 Å². The van der Waals surface area contributed by atoms with E-state index in [0.717, 1.165) is 35.4 Å². The molecule has 2 aromatic carbocycles. The van der Waals surface area contributed by atoms with E-state index in [-0.39, 0.29) is 11.4 Å². The number of hydrogen-bond donors (Lipinski definition) is 1. The number of ether oxygens (including phenoxy) is 3. The number of carbonyl (C=O) groups excluding carboxylic acids is 3. The quantitative estimate of drug-likeness (QED) is 0.553. The maximum absolute atomic E-state index is 12.9. The van der Waals surface area contributed by atoms with Gasteiger partial charge >= 0.3 is 0 Å². The number of anilines is 2. The summed E-state index contributed by atoms with van der Waals surface area (Å²) in [5.74, 6) is 0.0357. The molecule has 4 rings (SSSR count). The first-order chi connectivity index (χ1) is 17.0. The summed E-state index contributed by atoms with van der Waals surface area (Å²) in [5.41, 5.74) is 2.25. The third kappa shape index (κ3) is 5.77. The van der Waals surface area contributed by atoms with E-state index >= 15 is 0 Å². The summed E-state index contributed by atoms with van der Waals surface area (Å²) in [4.78, 5) is 41.3. The predicted molar refractivity (Wildman–Crippen MR) is 135 cm³/mol. The second kappa shape index (κ2) is 11.3. The van der Waals surface area contributed by atoms with Crippen LogP contribution in [0, 0.1) is 0 Å². The average Bonchev–Trinajstić information content (AvgIpc) is 3.13. The van der Waals surface area contributed by atoms with E-state index in [1.165, 1.54) is 7.11 Å². The van der Waals surface area contributed by atoms with Gasteiger partial charge in [-0.05, 0) is 55.1 Å². The molecule has 0 aromatic heterocycles. The predicted octanol–water partition coefficient (Wildman–Crippen LogP) is 3.61. The van der Waals surface area contributed by atoms with Gasteiger partial charge in [-0.1, -0.05) is 12.1 Å². The van der Waals surface area contributed by atoms with Crippen molar-refractivity contribution in [2.24, 2.45) is 0 Å². The van der Waals surface area contributed by atoms with Crippen LogP contribution in [0.2, 0.25) is 0 Å². The number of nitrogens with one attached hydrogen (secondary N) is 1. The normalized spacial score (nSPS) is 17.1. The van der Waals surface area contributed by atoms with Gasteiger partial charge in [0.2, 0.25) is 5.91 Å². The number of methoxy groups -OCH3 is 1. The smallest absolute Gasteiger partial charge is 0.294 e. The molecule has 0 bridgehead atoms. The Hall–Kier alpha value is -3.50. The molecule has 184 valence electrons. The minimum atomic E-state index is -0.525. The lowest BCUT2D eigenvalue weighted by atomic mass is 10.1. The zero-order valence-corrected chi connectivity index (χ0v) is 20.4. The van der Waals surface area contributed by atoms with Crippen LogP contribution in [0.15, 0.2) is 47.4 Å².